The van der Waals surface area contributed by atoms with E-state index in [1.807, 2.05) is 0 Å². The number of guanidine groups is 1. The Morgan fingerprint density at radius 2 is 2.15 bits per heavy atom. The summed E-state index contributed by atoms with van der Waals surface area (Å²) in [4.78, 5) is 5.59. The van der Waals surface area contributed by atoms with Crippen molar-refractivity contribution >= 4 is 5.96 Å². The molecule has 5 heteroatoms. The molecule has 1 aliphatic carbocycles. The second-order valence-corrected chi connectivity index (χ2v) is 3.75. The molecule has 2 aliphatic rings. The summed E-state index contributed by atoms with van der Waals surface area (Å²) in [5, 5.41) is 0. The lowest BCUT2D eigenvalue weighted by molar-refractivity contribution is 0.0174. The first-order valence-corrected chi connectivity index (χ1v) is 4.53. The second kappa shape index (κ2) is 2.82. The van der Waals surface area contributed by atoms with E-state index < -0.39 is 5.92 Å². The van der Waals surface area contributed by atoms with Crippen LogP contribution in [-0.2, 0) is 0 Å². The second-order valence-electron chi connectivity index (χ2n) is 3.75. The van der Waals surface area contributed by atoms with E-state index in [0.29, 0.717) is 18.5 Å². The predicted molar refractivity (Wildman–Crippen MR) is 45.8 cm³/mol. The van der Waals surface area contributed by atoms with Gasteiger partial charge in [0.25, 0.3) is 5.92 Å². The molecule has 13 heavy (non-hydrogen) atoms. The molecule has 0 radical (unpaired) electrons. The van der Waals surface area contributed by atoms with E-state index in [-0.39, 0.29) is 13.0 Å². The van der Waals surface area contributed by atoms with Gasteiger partial charge < -0.3 is 10.6 Å². The SMILES string of the molecule is NC(=NC1CC1)N1CCC(F)(F)C1. The molecule has 2 fully saturated rings. The van der Waals surface area contributed by atoms with Crippen LogP contribution in [0.2, 0.25) is 0 Å². The van der Waals surface area contributed by atoms with Gasteiger partial charge in [-0.2, -0.15) is 0 Å². The fourth-order valence-corrected chi connectivity index (χ4v) is 1.40. The Balaban J connectivity index is 1.94. The van der Waals surface area contributed by atoms with Crippen molar-refractivity contribution in [1.82, 2.24) is 4.90 Å². The van der Waals surface area contributed by atoms with E-state index in [4.69, 9.17) is 5.73 Å². The predicted octanol–water partition coefficient (Wildman–Crippen LogP) is 0.804. The van der Waals surface area contributed by atoms with E-state index >= 15 is 0 Å². The fraction of sp³-hybridized carbons (Fsp3) is 0.875. The van der Waals surface area contributed by atoms with Crippen molar-refractivity contribution in [1.29, 1.82) is 0 Å². The van der Waals surface area contributed by atoms with Crippen molar-refractivity contribution in [3.05, 3.63) is 0 Å². The average Bonchev–Trinajstić information content (AvgIpc) is 2.75. The number of alkyl halides is 2. The molecule has 0 aromatic heterocycles. The maximum atomic E-state index is 12.8. The van der Waals surface area contributed by atoms with Crippen molar-refractivity contribution in [2.24, 2.45) is 10.7 Å². The molecule has 3 nitrogen and oxygen atoms in total. The Hall–Kier alpha value is -0.870. The third-order valence-corrected chi connectivity index (χ3v) is 2.36. The summed E-state index contributed by atoms with van der Waals surface area (Å²) in [6.45, 7) is 0.0596. The molecule has 0 unspecified atom stereocenters. The summed E-state index contributed by atoms with van der Waals surface area (Å²) in [6.07, 6.45) is 1.99. The Kier molecular flexibility index (Phi) is 1.89. The summed E-state index contributed by atoms with van der Waals surface area (Å²) >= 11 is 0. The van der Waals surface area contributed by atoms with Crippen LogP contribution in [-0.4, -0.2) is 35.9 Å². The first-order valence-electron chi connectivity index (χ1n) is 4.53. The zero-order chi connectivity index (χ0) is 9.47. The van der Waals surface area contributed by atoms with Crippen LogP contribution in [0, 0.1) is 0 Å². The fourth-order valence-electron chi connectivity index (χ4n) is 1.40. The van der Waals surface area contributed by atoms with E-state index in [1.165, 1.54) is 4.90 Å². The number of aliphatic imine (C=N–C) groups is 1. The normalized spacial score (nSPS) is 28.2. The lowest BCUT2D eigenvalue weighted by Gasteiger charge is -2.16. The summed E-state index contributed by atoms with van der Waals surface area (Å²) < 4.78 is 25.5. The number of nitrogens with two attached hydrogens (primary N) is 1. The van der Waals surface area contributed by atoms with Gasteiger partial charge in [-0.15, -0.1) is 0 Å². The molecule has 0 bridgehead atoms. The Morgan fingerprint density at radius 3 is 2.62 bits per heavy atom. The zero-order valence-electron chi connectivity index (χ0n) is 7.34. The molecule has 1 aliphatic heterocycles. The Bertz CT molecular complexity index is 236. The summed E-state index contributed by atoms with van der Waals surface area (Å²) in [5.41, 5.74) is 5.58. The maximum Gasteiger partial charge on any atom is 0.267 e. The minimum atomic E-state index is -2.58. The summed E-state index contributed by atoms with van der Waals surface area (Å²) in [7, 11) is 0. The van der Waals surface area contributed by atoms with Gasteiger partial charge in [0, 0.05) is 13.0 Å². The highest BCUT2D eigenvalue weighted by atomic mass is 19.3. The van der Waals surface area contributed by atoms with Crippen LogP contribution in [0.25, 0.3) is 0 Å². The minimum Gasteiger partial charge on any atom is -0.370 e. The van der Waals surface area contributed by atoms with Crippen LogP contribution in [0.4, 0.5) is 8.78 Å². The first kappa shape index (κ1) is 8.72. The van der Waals surface area contributed by atoms with Gasteiger partial charge in [0.05, 0.1) is 12.6 Å². The van der Waals surface area contributed by atoms with Crippen LogP contribution in [0.3, 0.4) is 0 Å². The first-order chi connectivity index (χ1) is 6.07. The van der Waals surface area contributed by atoms with E-state index in [1.54, 1.807) is 0 Å². The smallest absolute Gasteiger partial charge is 0.267 e. The van der Waals surface area contributed by atoms with Crippen LogP contribution in [0.1, 0.15) is 19.3 Å². The van der Waals surface area contributed by atoms with Crippen molar-refractivity contribution in [3.63, 3.8) is 0 Å². The van der Waals surface area contributed by atoms with Crippen molar-refractivity contribution in [2.75, 3.05) is 13.1 Å². The summed E-state index contributed by atoms with van der Waals surface area (Å²) in [6, 6.07) is 0.300. The molecule has 74 valence electrons. The standard InChI is InChI=1S/C8H13F2N3/c9-8(10)3-4-13(5-8)7(11)12-6-1-2-6/h6H,1-5H2,(H2,11,12). The van der Waals surface area contributed by atoms with Gasteiger partial charge in [-0.1, -0.05) is 0 Å². The zero-order valence-corrected chi connectivity index (χ0v) is 7.34. The molecule has 1 saturated carbocycles. The highest BCUT2D eigenvalue weighted by molar-refractivity contribution is 5.78. The van der Waals surface area contributed by atoms with Crippen LogP contribution < -0.4 is 5.73 Å². The molecule has 0 atom stereocenters. The third-order valence-electron chi connectivity index (χ3n) is 2.36. The van der Waals surface area contributed by atoms with E-state index in [9.17, 15) is 8.78 Å². The van der Waals surface area contributed by atoms with Crippen molar-refractivity contribution in [3.8, 4) is 0 Å². The largest absolute Gasteiger partial charge is 0.370 e. The van der Waals surface area contributed by atoms with Crippen LogP contribution in [0.15, 0.2) is 4.99 Å². The van der Waals surface area contributed by atoms with Crippen LogP contribution in [0.5, 0.6) is 0 Å². The molecule has 0 spiro atoms. The number of nitrogens with zero attached hydrogens (tertiary/aromatic N) is 2. The van der Waals surface area contributed by atoms with Gasteiger partial charge in [-0.25, -0.2) is 13.8 Å². The monoisotopic (exact) mass is 189 g/mol. The average molecular weight is 189 g/mol. The highest BCUT2D eigenvalue weighted by Gasteiger charge is 2.39. The van der Waals surface area contributed by atoms with Crippen molar-refractivity contribution in [2.45, 2.75) is 31.2 Å². The number of halogens is 2. The third kappa shape index (κ3) is 2.08. The van der Waals surface area contributed by atoms with Gasteiger partial charge in [0.1, 0.15) is 0 Å². The van der Waals surface area contributed by atoms with Gasteiger partial charge in [-0.05, 0) is 12.8 Å². The lowest BCUT2D eigenvalue weighted by atomic mass is 10.3. The van der Waals surface area contributed by atoms with E-state index in [0.717, 1.165) is 12.8 Å². The van der Waals surface area contributed by atoms with Gasteiger partial charge in [-0.3, -0.25) is 0 Å². The highest BCUT2D eigenvalue weighted by Crippen LogP contribution is 2.28. The van der Waals surface area contributed by atoms with Crippen LogP contribution >= 0.6 is 0 Å². The molecule has 0 amide bonds. The lowest BCUT2D eigenvalue weighted by Crippen LogP contribution is -2.37. The molecular formula is C8H13F2N3. The number of likely N-dealkylation sites (tertiary alicyclic amines) is 1. The summed E-state index contributed by atoms with van der Waals surface area (Å²) in [5.74, 6) is -2.29. The molecular weight excluding hydrogens is 176 g/mol. The molecule has 1 saturated heterocycles. The van der Waals surface area contributed by atoms with Gasteiger partial charge in [0.15, 0.2) is 5.96 Å². The Morgan fingerprint density at radius 1 is 1.46 bits per heavy atom. The molecule has 0 aromatic carbocycles. The number of rotatable bonds is 1. The number of hydrogen-bond donors (Lipinski definition) is 1. The molecule has 2 N–H and O–H groups in total. The quantitative estimate of drug-likeness (QED) is 0.489. The van der Waals surface area contributed by atoms with Gasteiger partial charge >= 0.3 is 0 Å². The number of hydrogen-bond acceptors (Lipinski definition) is 1. The van der Waals surface area contributed by atoms with Gasteiger partial charge in [0.2, 0.25) is 0 Å². The topological polar surface area (TPSA) is 41.6 Å². The van der Waals surface area contributed by atoms with Crippen molar-refractivity contribution < 1.29 is 8.78 Å². The molecule has 0 aromatic rings. The molecule has 1 heterocycles. The Labute approximate surface area is 75.6 Å². The maximum absolute atomic E-state index is 12.8. The minimum absolute atomic E-state index is 0.103. The van der Waals surface area contributed by atoms with E-state index in [2.05, 4.69) is 4.99 Å². The molecule has 2 rings (SSSR count).